The molecule has 3 nitrogen and oxygen atoms in total. The first-order valence-corrected chi connectivity index (χ1v) is 8.26. The van der Waals surface area contributed by atoms with Gasteiger partial charge < -0.3 is 10.6 Å². The molecule has 110 valence electrons. The van der Waals surface area contributed by atoms with Crippen LogP contribution in [-0.2, 0) is 17.8 Å². The summed E-state index contributed by atoms with van der Waals surface area (Å²) >= 11 is 3.59. The smallest absolute Gasteiger partial charge is 0.222 e. The van der Waals surface area contributed by atoms with Gasteiger partial charge >= 0.3 is 0 Å². The largest absolute Gasteiger partial charge is 0.338 e. The lowest BCUT2D eigenvalue weighted by Gasteiger charge is -2.29. The molecule has 1 aromatic carbocycles. The highest BCUT2D eigenvalue weighted by molar-refractivity contribution is 9.10. The molecule has 2 N–H and O–H groups in total. The molecule has 2 rings (SSSR count). The van der Waals surface area contributed by atoms with Gasteiger partial charge in [0.05, 0.1) is 0 Å². The lowest BCUT2D eigenvalue weighted by Crippen LogP contribution is -2.36. The molecule has 0 atom stereocenters. The Bertz CT molecular complexity index is 462. The summed E-state index contributed by atoms with van der Waals surface area (Å²) in [7, 11) is 0. The molecule has 1 heterocycles. The summed E-state index contributed by atoms with van der Waals surface area (Å²) in [6, 6.07) is 6.28. The minimum atomic E-state index is 0.291. The van der Waals surface area contributed by atoms with E-state index in [-0.39, 0.29) is 0 Å². The highest BCUT2D eigenvalue weighted by atomic mass is 79.9. The number of nitrogens with two attached hydrogens (primary N) is 1. The van der Waals surface area contributed by atoms with Crippen molar-refractivity contribution in [1.82, 2.24) is 4.90 Å². The molecule has 0 bridgehead atoms. The van der Waals surface area contributed by atoms with E-state index < -0.39 is 0 Å². The minimum Gasteiger partial charge on any atom is -0.338 e. The predicted octanol–water partition coefficient (Wildman–Crippen LogP) is 3.24. The van der Waals surface area contributed by atoms with E-state index in [4.69, 9.17) is 5.73 Å². The van der Waals surface area contributed by atoms with Gasteiger partial charge in [-0.3, -0.25) is 4.79 Å². The van der Waals surface area contributed by atoms with Crippen LogP contribution in [0, 0.1) is 0 Å². The number of hydrogen-bond acceptors (Lipinski definition) is 2. The summed E-state index contributed by atoms with van der Waals surface area (Å²) in [6.07, 6.45) is 5.93. The van der Waals surface area contributed by atoms with Crippen LogP contribution in [0.3, 0.4) is 0 Å². The molecule has 1 aliphatic heterocycles. The fourth-order valence-corrected chi connectivity index (χ4v) is 3.22. The zero-order chi connectivity index (χ0) is 14.4. The van der Waals surface area contributed by atoms with E-state index in [0.717, 1.165) is 56.2 Å². The molecule has 20 heavy (non-hydrogen) atoms. The Kier molecular flexibility index (Phi) is 6.05. The number of benzene rings is 1. The molecule has 0 radical (unpaired) electrons. The molecule has 0 spiro atoms. The Hall–Kier alpha value is -0.870. The van der Waals surface area contributed by atoms with Gasteiger partial charge in [0.2, 0.25) is 5.91 Å². The van der Waals surface area contributed by atoms with Gasteiger partial charge in [-0.1, -0.05) is 40.9 Å². The number of nitrogens with zero attached hydrogens (tertiary/aromatic N) is 1. The first-order chi connectivity index (χ1) is 9.72. The number of halogens is 1. The van der Waals surface area contributed by atoms with Crippen molar-refractivity contribution in [2.24, 2.45) is 5.73 Å². The Balaban J connectivity index is 1.83. The molecule has 1 amide bonds. The van der Waals surface area contributed by atoms with Gasteiger partial charge in [0.25, 0.3) is 0 Å². The quantitative estimate of drug-likeness (QED) is 0.809. The van der Waals surface area contributed by atoms with Crippen molar-refractivity contribution in [3.63, 3.8) is 0 Å². The molecule has 4 heteroatoms. The van der Waals surface area contributed by atoms with Crippen molar-refractivity contribution in [1.29, 1.82) is 0 Å². The van der Waals surface area contributed by atoms with Gasteiger partial charge in [0.1, 0.15) is 0 Å². The van der Waals surface area contributed by atoms with Crippen molar-refractivity contribution >= 4 is 21.8 Å². The number of amides is 1. The van der Waals surface area contributed by atoms with Crippen LogP contribution < -0.4 is 5.73 Å². The van der Waals surface area contributed by atoms with Crippen LogP contribution in [0.4, 0.5) is 0 Å². The van der Waals surface area contributed by atoms with Crippen LogP contribution in [0.25, 0.3) is 0 Å². The zero-order valence-corrected chi connectivity index (χ0v) is 13.5. The maximum absolute atomic E-state index is 12.2. The molecule has 0 fully saturated rings. The molecular formula is C16H23BrN2O. The Morgan fingerprint density at radius 3 is 2.85 bits per heavy atom. The van der Waals surface area contributed by atoms with Crippen LogP contribution in [0.2, 0.25) is 0 Å². The number of hydrogen-bond donors (Lipinski definition) is 1. The summed E-state index contributed by atoms with van der Waals surface area (Å²) < 4.78 is 1.12. The lowest BCUT2D eigenvalue weighted by atomic mass is 9.99. The number of unbranched alkanes of at least 4 members (excludes halogenated alkanes) is 3. The predicted molar refractivity (Wildman–Crippen MR) is 85.4 cm³/mol. The summed E-state index contributed by atoms with van der Waals surface area (Å²) in [5, 5.41) is 0. The number of fused-ring (bicyclic) bond motifs is 1. The van der Waals surface area contributed by atoms with Crippen LogP contribution in [0.15, 0.2) is 22.7 Å². The van der Waals surface area contributed by atoms with Gasteiger partial charge in [0, 0.05) is 24.0 Å². The van der Waals surface area contributed by atoms with Crippen molar-refractivity contribution in [2.45, 2.75) is 45.1 Å². The summed E-state index contributed by atoms with van der Waals surface area (Å²) in [4.78, 5) is 14.2. The van der Waals surface area contributed by atoms with E-state index in [1.807, 2.05) is 4.90 Å². The third-order valence-electron chi connectivity index (χ3n) is 3.91. The lowest BCUT2D eigenvalue weighted by molar-refractivity contribution is -0.132. The van der Waals surface area contributed by atoms with Gasteiger partial charge in [-0.15, -0.1) is 0 Å². The zero-order valence-electron chi connectivity index (χ0n) is 11.9. The minimum absolute atomic E-state index is 0.291. The van der Waals surface area contributed by atoms with E-state index in [0.29, 0.717) is 12.3 Å². The van der Waals surface area contributed by atoms with E-state index >= 15 is 0 Å². The molecular weight excluding hydrogens is 316 g/mol. The van der Waals surface area contributed by atoms with Gasteiger partial charge in [-0.05, 0) is 43.0 Å². The Morgan fingerprint density at radius 2 is 2.05 bits per heavy atom. The monoisotopic (exact) mass is 338 g/mol. The van der Waals surface area contributed by atoms with Crippen LogP contribution in [-0.4, -0.2) is 23.9 Å². The van der Waals surface area contributed by atoms with Crippen LogP contribution >= 0.6 is 15.9 Å². The second-order valence-corrected chi connectivity index (χ2v) is 6.25. The molecule has 1 aromatic rings. The second-order valence-electron chi connectivity index (χ2n) is 5.40. The first kappa shape index (κ1) is 15.5. The van der Waals surface area contributed by atoms with Gasteiger partial charge in [-0.2, -0.15) is 0 Å². The Labute approximate surface area is 129 Å². The second kappa shape index (κ2) is 7.79. The normalized spacial score (nSPS) is 14.2. The fourth-order valence-electron chi connectivity index (χ4n) is 2.69. The number of carbonyl (C=O) groups excluding carboxylic acids is 1. The highest BCUT2D eigenvalue weighted by Crippen LogP contribution is 2.26. The topological polar surface area (TPSA) is 46.3 Å². The van der Waals surface area contributed by atoms with E-state index in [9.17, 15) is 4.79 Å². The highest BCUT2D eigenvalue weighted by Gasteiger charge is 2.21. The van der Waals surface area contributed by atoms with E-state index in [1.165, 1.54) is 11.1 Å². The van der Waals surface area contributed by atoms with Gasteiger partial charge in [0.15, 0.2) is 0 Å². The maximum atomic E-state index is 12.2. The van der Waals surface area contributed by atoms with E-state index in [1.54, 1.807) is 0 Å². The van der Waals surface area contributed by atoms with Crippen molar-refractivity contribution in [3.05, 3.63) is 33.8 Å². The summed E-state index contributed by atoms with van der Waals surface area (Å²) in [5.41, 5.74) is 8.11. The average molecular weight is 339 g/mol. The standard InChI is InChI=1S/C16H23BrN2O/c17-15-7-5-6-13-9-11-19(12-14(13)15)16(20)8-3-1-2-4-10-18/h5-7H,1-4,8-12,18H2. The number of rotatable bonds is 6. The third-order valence-corrected chi connectivity index (χ3v) is 4.66. The summed E-state index contributed by atoms with van der Waals surface area (Å²) in [5.74, 6) is 0.291. The van der Waals surface area contributed by atoms with E-state index in [2.05, 4.69) is 34.1 Å². The molecule has 0 aromatic heterocycles. The third kappa shape index (κ3) is 4.06. The Morgan fingerprint density at radius 1 is 1.25 bits per heavy atom. The molecule has 0 saturated carbocycles. The molecule has 0 saturated heterocycles. The first-order valence-electron chi connectivity index (χ1n) is 7.46. The molecule has 0 unspecified atom stereocenters. The maximum Gasteiger partial charge on any atom is 0.222 e. The average Bonchev–Trinajstić information content (AvgIpc) is 2.47. The summed E-state index contributed by atoms with van der Waals surface area (Å²) in [6.45, 7) is 2.36. The van der Waals surface area contributed by atoms with Gasteiger partial charge in [-0.25, -0.2) is 0 Å². The fraction of sp³-hybridized carbons (Fsp3) is 0.562. The number of carbonyl (C=O) groups is 1. The van der Waals surface area contributed by atoms with Crippen molar-refractivity contribution < 1.29 is 4.79 Å². The van der Waals surface area contributed by atoms with Crippen molar-refractivity contribution in [2.75, 3.05) is 13.1 Å². The van der Waals surface area contributed by atoms with Crippen molar-refractivity contribution in [3.8, 4) is 0 Å². The van der Waals surface area contributed by atoms with Crippen LogP contribution in [0.1, 0.15) is 43.2 Å². The molecule has 0 aliphatic carbocycles. The molecule has 1 aliphatic rings. The SMILES string of the molecule is NCCCCCCC(=O)N1CCc2cccc(Br)c2C1. The van der Waals surface area contributed by atoms with Crippen LogP contribution in [0.5, 0.6) is 0 Å².